The monoisotopic (exact) mass is 223 g/mol. The van der Waals surface area contributed by atoms with E-state index in [0.717, 1.165) is 31.5 Å². The summed E-state index contributed by atoms with van der Waals surface area (Å²) in [5.74, 6) is 0.367. The zero-order valence-electron chi connectivity index (χ0n) is 8.44. The van der Waals surface area contributed by atoms with E-state index in [2.05, 4.69) is 4.90 Å². The molecule has 15 heavy (non-hydrogen) atoms. The lowest BCUT2D eigenvalue weighted by atomic mass is 10.1. The van der Waals surface area contributed by atoms with Crippen LogP contribution in [0.4, 0.5) is 0 Å². The van der Waals surface area contributed by atoms with E-state index in [4.69, 9.17) is 0 Å². The predicted molar refractivity (Wildman–Crippen MR) is 59.2 cm³/mol. The van der Waals surface area contributed by atoms with Crippen LogP contribution in [0.5, 0.6) is 0 Å². The summed E-state index contributed by atoms with van der Waals surface area (Å²) >= 11 is 1.61. The molecule has 0 N–H and O–H groups in total. The average molecular weight is 223 g/mol. The third kappa shape index (κ3) is 2.73. The summed E-state index contributed by atoms with van der Waals surface area (Å²) in [6, 6.07) is 1.92. The van der Waals surface area contributed by atoms with Gasteiger partial charge in [0.25, 0.3) is 0 Å². The molecule has 4 heteroatoms. The predicted octanol–water partition coefficient (Wildman–Crippen LogP) is 1.73. The maximum Gasteiger partial charge on any atom is 0.150 e. The van der Waals surface area contributed by atoms with Crippen molar-refractivity contribution in [2.75, 3.05) is 13.1 Å². The van der Waals surface area contributed by atoms with Gasteiger partial charge in [0.1, 0.15) is 5.78 Å². The van der Waals surface area contributed by atoms with Crippen molar-refractivity contribution in [2.24, 2.45) is 0 Å². The largest absolute Gasteiger partial charge is 0.300 e. The Morgan fingerprint density at radius 2 is 2.13 bits per heavy atom. The molecule has 1 aromatic rings. The average Bonchev–Trinajstić information content (AvgIpc) is 2.69. The van der Waals surface area contributed by atoms with Crippen molar-refractivity contribution < 1.29 is 9.59 Å². The standard InChI is InChI=1S/C11H13NO2S/c13-7-9-5-11(15-8-9)6-12-3-1-10(14)2-4-12/h5,7-8H,1-4,6H2. The molecule has 1 aliphatic rings. The van der Waals surface area contributed by atoms with Crippen molar-refractivity contribution >= 4 is 23.4 Å². The summed E-state index contributed by atoms with van der Waals surface area (Å²) in [6.45, 7) is 2.58. The minimum atomic E-state index is 0.367. The molecule has 1 aliphatic heterocycles. The minimum absolute atomic E-state index is 0.367. The Kier molecular flexibility index (Phi) is 3.28. The number of carbonyl (C=O) groups excluding carboxylic acids is 2. The first-order chi connectivity index (χ1) is 7.28. The Morgan fingerprint density at radius 3 is 2.73 bits per heavy atom. The number of thiophene rings is 1. The summed E-state index contributed by atoms with van der Waals surface area (Å²) in [7, 11) is 0. The number of hydrogen-bond donors (Lipinski definition) is 0. The molecule has 0 amide bonds. The van der Waals surface area contributed by atoms with Crippen LogP contribution in [0.1, 0.15) is 28.1 Å². The van der Waals surface area contributed by atoms with Crippen LogP contribution in [0, 0.1) is 0 Å². The fourth-order valence-electron chi connectivity index (χ4n) is 1.72. The number of aldehydes is 1. The summed E-state index contributed by atoms with van der Waals surface area (Å²) < 4.78 is 0. The van der Waals surface area contributed by atoms with Gasteiger partial charge in [-0.05, 0) is 6.07 Å². The van der Waals surface area contributed by atoms with Crippen LogP contribution in [0.25, 0.3) is 0 Å². The van der Waals surface area contributed by atoms with E-state index in [-0.39, 0.29) is 0 Å². The van der Waals surface area contributed by atoms with Gasteiger partial charge in [-0.1, -0.05) is 0 Å². The molecule has 0 aliphatic carbocycles. The van der Waals surface area contributed by atoms with E-state index < -0.39 is 0 Å². The number of hydrogen-bond acceptors (Lipinski definition) is 4. The van der Waals surface area contributed by atoms with Crippen molar-refractivity contribution in [2.45, 2.75) is 19.4 Å². The van der Waals surface area contributed by atoms with Crippen LogP contribution >= 0.6 is 11.3 Å². The Bertz CT molecular complexity index is 362. The number of likely N-dealkylation sites (tertiary alicyclic amines) is 1. The first-order valence-electron chi connectivity index (χ1n) is 5.04. The molecule has 3 nitrogen and oxygen atoms in total. The zero-order chi connectivity index (χ0) is 10.7. The molecule has 0 unspecified atom stereocenters. The zero-order valence-corrected chi connectivity index (χ0v) is 9.26. The maximum atomic E-state index is 11.0. The molecule has 1 saturated heterocycles. The van der Waals surface area contributed by atoms with Gasteiger partial charge in [0, 0.05) is 48.3 Å². The molecule has 1 aromatic heterocycles. The van der Waals surface area contributed by atoms with Gasteiger partial charge in [0.15, 0.2) is 6.29 Å². The van der Waals surface area contributed by atoms with Crippen LogP contribution in [0.15, 0.2) is 11.4 Å². The van der Waals surface area contributed by atoms with Gasteiger partial charge >= 0.3 is 0 Å². The number of ketones is 1. The first kappa shape index (κ1) is 10.5. The molecule has 0 saturated carbocycles. The maximum absolute atomic E-state index is 11.0. The lowest BCUT2D eigenvalue weighted by Gasteiger charge is -2.24. The molecule has 80 valence electrons. The van der Waals surface area contributed by atoms with Gasteiger partial charge in [0.2, 0.25) is 0 Å². The molecule has 1 fully saturated rings. The number of nitrogens with zero attached hydrogens (tertiary/aromatic N) is 1. The van der Waals surface area contributed by atoms with Gasteiger partial charge in [-0.3, -0.25) is 14.5 Å². The molecular formula is C11H13NO2S. The van der Waals surface area contributed by atoms with Crippen molar-refractivity contribution in [3.8, 4) is 0 Å². The number of Topliss-reactive ketones (excluding diaryl/α,β-unsaturated/α-hetero) is 1. The van der Waals surface area contributed by atoms with Gasteiger partial charge in [-0.25, -0.2) is 0 Å². The fourth-order valence-corrected chi connectivity index (χ4v) is 2.60. The Morgan fingerprint density at radius 1 is 1.40 bits per heavy atom. The molecule has 0 aromatic carbocycles. The third-order valence-corrected chi connectivity index (χ3v) is 3.54. The normalized spacial score (nSPS) is 18.0. The Balaban J connectivity index is 1.91. The highest BCUT2D eigenvalue weighted by atomic mass is 32.1. The third-order valence-electron chi connectivity index (χ3n) is 2.60. The van der Waals surface area contributed by atoms with Gasteiger partial charge in [-0.2, -0.15) is 0 Å². The molecule has 2 rings (SSSR count). The summed E-state index contributed by atoms with van der Waals surface area (Å²) in [5, 5.41) is 1.87. The smallest absolute Gasteiger partial charge is 0.150 e. The second kappa shape index (κ2) is 4.68. The van der Waals surface area contributed by atoms with Crippen LogP contribution in [0.3, 0.4) is 0 Å². The summed E-state index contributed by atoms with van der Waals surface area (Å²) in [4.78, 5) is 25.0. The summed E-state index contributed by atoms with van der Waals surface area (Å²) in [6.07, 6.45) is 2.22. The summed E-state index contributed by atoms with van der Waals surface area (Å²) in [5.41, 5.74) is 0.753. The van der Waals surface area contributed by atoms with E-state index >= 15 is 0 Å². The topological polar surface area (TPSA) is 37.4 Å². The SMILES string of the molecule is O=Cc1csc(CN2CCC(=O)CC2)c1. The second-order valence-corrected chi connectivity index (χ2v) is 4.77. The molecule has 0 radical (unpaired) electrons. The van der Waals surface area contributed by atoms with E-state index in [9.17, 15) is 9.59 Å². The van der Waals surface area contributed by atoms with Gasteiger partial charge < -0.3 is 0 Å². The number of rotatable bonds is 3. The fraction of sp³-hybridized carbons (Fsp3) is 0.455. The second-order valence-electron chi connectivity index (χ2n) is 3.78. The van der Waals surface area contributed by atoms with E-state index in [1.165, 1.54) is 4.88 Å². The van der Waals surface area contributed by atoms with Gasteiger partial charge in [-0.15, -0.1) is 11.3 Å². The number of carbonyl (C=O) groups is 2. The highest BCUT2D eigenvalue weighted by molar-refractivity contribution is 7.10. The highest BCUT2D eigenvalue weighted by Gasteiger charge is 2.16. The molecule has 0 bridgehead atoms. The van der Waals surface area contributed by atoms with Crippen LogP contribution in [0.2, 0.25) is 0 Å². The lowest BCUT2D eigenvalue weighted by molar-refractivity contribution is -0.121. The molecular weight excluding hydrogens is 210 g/mol. The molecule has 0 spiro atoms. The van der Waals surface area contributed by atoms with Crippen molar-refractivity contribution in [1.29, 1.82) is 0 Å². The highest BCUT2D eigenvalue weighted by Crippen LogP contribution is 2.17. The Hall–Kier alpha value is -1.00. The van der Waals surface area contributed by atoms with Crippen LogP contribution < -0.4 is 0 Å². The number of piperidine rings is 1. The minimum Gasteiger partial charge on any atom is -0.300 e. The molecule has 2 heterocycles. The Labute approximate surface area is 92.7 Å². The van der Waals surface area contributed by atoms with Crippen LogP contribution in [-0.2, 0) is 11.3 Å². The quantitative estimate of drug-likeness (QED) is 0.732. The van der Waals surface area contributed by atoms with Gasteiger partial charge in [0.05, 0.1) is 0 Å². The first-order valence-corrected chi connectivity index (χ1v) is 5.92. The van der Waals surface area contributed by atoms with Crippen molar-refractivity contribution in [3.63, 3.8) is 0 Å². The van der Waals surface area contributed by atoms with Crippen molar-refractivity contribution in [1.82, 2.24) is 4.90 Å². The lowest BCUT2D eigenvalue weighted by Crippen LogP contribution is -2.32. The van der Waals surface area contributed by atoms with E-state index in [1.807, 2.05) is 11.4 Å². The van der Waals surface area contributed by atoms with E-state index in [0.29, 0.717) is 18.6 Å². The molecule has 0 atom stereocenters. The van der Waals surface area contributed by atoms with E-state index in [1.54, 1.807) is 11.3 Å². The van der Waals surface area contributed by atoms with Crippen molar-refractivity contribution in [3.05, 3.63) is 21.9 Å². The van der Waals surface area contributed by atoms with Crippen LogP contribution in [-0.4, -0.2) is 30.1 Å².